The van der Waals surface area contributed by atoms with Crippen LogP contribution in [0.25, 0.3) is 11.2 Å². The van der Waals surface area contributed by atoms with E-state index in [9.17, 15) is 0 Å². The molecule has 90 valence electrons. The first kappa shape index (κ1) is 11.1. The van der Waals surface area contributed by atoms with E-state index in [0.717, 1.165) is 16.9 Å². The number of nitrogens with one attached hydrogen (secondary N) is 1. The average molecular weight is 256 g/mol. The van der Waals surface area contributed by atoms with Gasteiger partial charge in [-0.25, -0.2) is 4.98 Å². The molecule has 0 saturated heterocycles. The Balaban J connectivity index is 2.20. The number of rotatable bonds is 2. The van der Waals surface area contributed by atoms with Gasteiger partial charge in [0.25, 0.3) is 0 Å². The van der Waals surface area contributed by atoms with E-state index in [2.05, 4.69) is 21.9 Å². The smallest absolute Gasteiger partial charge is 0.179 e. The fourth-order valence-corrected chi connectivity index (χ4v) is 2.43. The lowest BCUT2D eigenvalue weighted by Crippen LogP contribution is -2.08. The molecular formula is C13H12N4S. The molecule has 3 rings (SSSR count). The lowest BCUT2D eigenvalue weighted by atomic mass is 10.2. The molecule has 0 aromatic carbocycles. The number of aromatic amines is 1. The van der Waals surface area contributed by atoms with Gasteiger partial charge in [0.2, 0.25) is 0 Å². The molecule has 0 bridgehead atoms. The van der Waals surface area contributed by atoms with E-state index in [0.29, 0.717) is 4.77 Å². The Labute approximate surface area is 109 Å². The predicted molar refractivity (Wildman–Crippen MR) is 73.0 cm³/mol. The van der Waals surface area contributed by atoms with Crippen LogP contribution in [0.3, 0.4) is 0 Å². The number of hydrogen-bond acceptors (Lipinski definition) is 3. The Bertz CT molecular complexity index is 729. The zero-order valence-corrected chi connectivity index (χ0v) is 10.7. The second kappa shape index (κ2) is 4.34. The Morgan fingerprint density at radius 3 is 2.78 bits per heavy atom. The first-order valence-corrected chi connectivity index (χ1v) is 6.14. The molecule has 0 aliphatic carbocycles. The molecule has 3 heterocycles. The SMILES string of the molecule is CC(c1ccccn1)n1c(=S)[nH]c2cccnc21. The number of hydrogen-bond donors (Lipinski definition) is 1. The van der Waals surface area contributed by atoms with Crippen LogP contribution >= 0.6 is 12.2 Å². The number of nitrogens with zero attached hydrogens (tertiary/aromatic N) is 3. The van der Waals surface area contributed by atoms with Crippen molar-refractivity contribution >= 4 is 23.4 Å². The Morgan fingerprint density at radius 1 is 1.17 bits per heavy atom. The van der Waals surface area contributed by atoms with Crippen molar-refractivity contribution in [2.45, 2.75) is 13.0 Å². The molecule has 0 spiro atoms. The van der Waals surface area contributed by atoms with Crippen LogP contribution in [0.2, 0.25) is 0 Å². The first-order chi connectivity index (χ1) is 8.77. The van der Waals surface area contributed by atoms with Crippen molar-refractivity contribution in [2.75, 3.05) is 0 Å². The topological polar surface area (TPSA) is 46.5 Å². The summed E-state index contributed by atoms with van der Waals surface area (Å²) >= 11 is 5.37. The van der Waals surface area contributed by atoms with E-state index < -0.39 is 0 Å². The van der Waals surface area contributed by atoms with Crippen LogP contribution in [0.1, 0.15) is 18.7 Å². The predicted octanol–water partition coefficient (Wildman–Crippen LogP) is 3.10. The zero-order chi connectivity index (χ0) is 12.5. The number of H-pyrrole nitrogens is 1. The van der Waals surface area contributed by atoms with Gasteiger partial charge in [0.1, 0.15) is 0 Å². The molecule has 4 nitrogen and oxygen atoms in total. The van der Waals surface area contributed by atoms with Gasteiger partial charge < -0.3 is 4.98 Å². The third-order valence-electron chi connectivity index (χ3n) is 2.98. The molecule has 3 aromatic rings. The summed E-state index contributed by atoms with van der Waals surface area (Å²) in [7, 11) is 0. The fraction of sp³-hybridized carbons (Fsp3) is 0.154. The van der Waals surface area contributed by atoms with Gasteiger partial charge in [-0.05, 0) is 43.4 Å². The highest BCUT2D eigenvalue weighted by molar-refractivity contribution is 7.71. The van der Waals surface area contributed by atoms with Crippen LogP contribution in [0.4, 0.5) is 0 Å². The maximum Gasteiger partial charge on any atom is 0.179 e. The standard InChI is InChI=1S/C13H12N4S/c1-9(10-5-2-3-7-14-10)17-12-11(16-13(17)18)6-4-8-15-12/h2-9H,1H3,(H,16,18). The summed E-state index contributed by atoms with van der Waals surface area (Å²) in [6, 6.07) is 9.80. The summed E-state index contributed by atoms with van der Waals surface area (Å²) in [6.07, 6.45) is 3.56. The quantitative estimate of drug-likeness (QED) is 0.717. The van der Waals surface area contributed by atoms with Gasteiger partial charge in [-0.3, -0.25) is 9.55 Å². The van der Waals surface area contributed by atoms with Gasteiger partial charge in [0.05, 0.1) is 17.3 Å². The van der Waals surface area contributed by atoms with Gasteiger partial charge in [0, 0.05) is 12.4 Å². The molecule has 1 N–H and O–H groups in total. The highest BCUT2D eigenvalue weighted by Crippen LogP contribution is 2.21. The Morgan fingerprint density at radius 2 is 2.00 bits per heavy atom. The molecule has 5 heteroatoms. The maximum absolute atomic E-state index is 5.37. The lowest BCUT2D eigenvalue weighted by Gasteiger charge is -2.13. The fourth-order valence-electron chi connectivity index (χ4n) is 2.07. The van der Waals surface area contributed by atoms with E-state index in [1.54, 1.807) is 12.4 Å². The minimum absolute atomic E-state index is 0.0577. The van der Waals surface area contributed by atoms with Gasteiger partial charge >= 0.3 is 0 Å². The molecule has 0 aliphatic rings. The molecular weight excluding hydrogens is 244 g/mol. The second-order valence-corrected chi connectivity index (χ2v) is 4.49. The summed E-state index contributed by atoms with van der Waals surface area (Å²) < 4.78 is 2.66. The Hall–Kier alpha value is -2.01. The third-order valence-corrected chi connectivity index (χ3v) is 3.28. The van der Waals surface area contributed by atoms with E-state index >= 15 is 0 Å². The number of pyridine rings is 2. The zero-order valence-electron chi connectivity index (χ0n) is 9.87. The molecule has 0 amide bonds. The van der Waals surface area contributed by atoms with Crippen molar-refractivity contribution in [1.82, 2.24) is 19.5 Å². The molecule has 1 unspecified atom stereocenters. The van der Waals surface area contributed by atoms with Crippen molar-refractivity contribution < 1.29 is 0 Å². The highest BCUT2D eigenvalue weighted by Gasteiger charge is 2.14. The van der Waals surface area contributed by atoms with Gasteiger partial charge in [-0.15, -0.1) is 0 Å². The van der Waals surface area contributed by atoms with Gasteiger partial charge in [-0.1, -0.05) is 6.07 Å². The average Bonchev–Trinajstić information content (AvgIpc) is 2.75. The van der Waals surface area contributed by atoms with Gasteiger partial charge in [-0.2, -0.15) is 0 Å². The number of imidazole rings is 1. The van der Waals surface area contributed by atoms with Crippen LogP contribution in [0.5, 0.6) is 0 Å². The molecule has 0 aliphatic heterocycles. The minimum atomic E-state index is 0.0577. The van der Waals surface area contributed by atoms with Crippen molar-refractivity contribution in [3.8, 4) is 0 Å². The van der Waals surface area contributed by atoms with Crippen LogP contribution in [0, 0.1) is 4.77 Å². The van der Waals surface area contributed by atoms with Crippen LogP contribution < -0.4 is 0 Å². The molecule has 18 heavy (non-hydrogen) atoms. The van der Waals surface area contributed by atoms with Crippen molar-refractivity contribution in [1.29, 1.82) is 0 Å². The molecule has 0 radical (unpaired) electrons. The van der Waals surface area contributed by atoms with Crippen LogP contribution in [0.15, 0.2) is 42.7 Å². The number of fused-ring (bicyclic) bond motifs is 1. The van der Waals surface area contributed by atoms with E-state index in [1.165, 1.54) is 0 Å². The van der Waals surface area contributed by atoms with Crippen LogP contribution in [-0.4, -0.2) is 19.5 Å². The molecule has 1 atom stereocenters. The van der Waals surface area contributed by atoms with Crippen LogP contribution in [-0.2, 0) is 0 Å². The monoisotopic (exact) mass is 256 g/mol. The summed E-state index contributed by atoms with van der Waals surface area (Å²) in [5, 5.41) is 0. The molecule has 0 saturated carbocycles. The summed E-state index contributed by atoms with van der Waals surface area (Å²) in [5.41, 5.74) is 2.78. The van der Waals surface area contributed by atoms with Crippen molar-refractivity contribution in [3.05, 3.63) is 53.2 Å². The highest BCUT2D eigenvalue weighted by atomic mass is 32.1. The normalized spacial score (nSPS) is 12.7. The van der Waals surface area contributed by atoms with Crippen molar-refractivity contribution in [3.63, 3.8) is 0 Å². The van der Waals surface area contributed by atoms with Gasteiger partial charge in [0.15, 0.2) is 10.4 Å². The lowest BCUT2D eigenvalue weighted by molar-refractivity contribution is 0.625. The summed E-state index contributed by atoms with van der Waals surface area (Å²) in [6.45, 7) is 2.07. The first-order valence-electron chi connectivity index (χ1n) is 5.73. The van der Waals surface area contributed by atoms with Crippen molar-refractivity contribution in [2.24, 2.45) is 0 Å². The maximum atomic E-state index is 5.37. The van der Waals surface area contributed by atoms with E-state index in [1.807, 2.05) is 34.9 Å². The minimum Gasteiger partial charge on any atom is -0.329 e. The summed E-state index contributed by atoms with van der Waals surface area (Å²) in [5.74, 6) is 0. The summed E-state index contributed by atoms with van der Waals surface area (Å²) in [4.78, 5) is 11.9. The molecule has 3 aromatic heterocycles. The second-order valence-electron chi connectivity index (χ2n) is 4.11. The Kier molecular flexibility index (Phi) is 2.68. The van der Waals surface area contributed by atoms with E-state index in [-0.39, 0.29) is 6.04 Å². The molecule has 0 fully saturated rings. The third kappa shape index (κ3) is 1.73. The largest absolute Gasteiger partial charge is 0.329 e. The van der Waals surface area contributed by atoms with E-state index in [4.69, 9.17) is 12.2 Å². The number of aromatic nitrogens is 4.